The summed E-state index contributed by atoms with van der Waals surface area (Å²) in [7, 11) is 1.40. The number of amides is 2. The molecule has 2 aliphatic rings. The molecule has 1 saturated heterocycles. The monoisotopic (exact) mass is 569 g/mol. The van der Waals surface area contributed by atoms with Gasteiger partial charge >= 0.3 is 0 Å². The van der Waals surface area contributed by atoms with Gasteiger partial charge in [0, 0.05) is 43.0 Å². The summed E-state index contributed by atoms with van der Waals surface area (Å²) in [5.74, 6) is -0.653. The second kappa shape index (κ2) is 12.2. The van der Waals surface area contributed by atoms with Crippen molar-refractivity contribution in [1.29, 1.82) is 0 Å². The van der Waals surface area contributed by atoms with E-state index in [0.29, 0.717) is 46.6 Å². The molecule has 0 bridgehead atoms. The number of hydrogen-bond acceptors (Lipinski definition) is 8. The average Bonchev–Trinajstić information content (AvgIpc) is 3.26. The highest BCUT2D eigenvalue weighted by atomic mass is 35.5. The predicted octanol–water partition coefficient (Wildman–Crippen LogP) is 3.34. The average molecular weight is 570 g/mol. The SMILES string of the molecule is COc1cc(F)cc(C(CO)NC(=O)CN2Cc3ccc(-c4nc(NC5CCOCC5)ncc4Cl)cc3C2=O)c1. The Balaban J connectivity index is 1.27. The van der Waals surface area contributed by atoms with E-state index >= 15 is 0 Å². The Bertz CT molecular complexity index is 1420. The molecular formula is C28H29ClFN5O5. The third-order valence-electron chi connectivity index (χ3n) is 6.94. The first kappa shape index (κ1) is 27.8. The van der Waals surface area contributed by atoms with Gasteiger partial charge in [-0.3, -0.25) is 9.59 Å². The zero-order chi connectivity index (χ0) is 28.2. The van der Waals surface area contributed by atoms with Gasteiger partial charge < -0.3 is 30.1 Å². The third-order valence-corrected chi connectivity index (χ3v) is 7.22. The van der Waals surface area contributed by atoms with Crippen LogP contribution < -0.4 is 15.4 Å². The minimum Gasteiger partial charge on any atom is -0.497 e. The molecule has 210 valence electrons. The first-order valence-corrected chi connectivity index (χ1v) is 13.3. The molecule has 2 aliphatic heterocycles. The molecule has 0 radical (unpaired) electrons. The quantitative estimate of drug-likeness (QED) is 0.358. The summed E-state index contributed by atoms with van der Waals surface area (Å²) >= 11 is 6.43. The van der Waals surface area contributed by atoms with E-state index in [1.54, 1.807) is 6.07 Å². The predicted molar refractivity (Wildman–Crippen MR) is 146 cm³/mol. The van der Waals surface area contributed by atoms with Gasteiger partial charge in [0.25, 0.3) is 5.91 Å². The number of aliphatic hydroxyl groups is 1. The van der Waals surface area contributed by atoms with Crippen LogP contribution in [0.15, 0.2) is 42.6 Å². The number of carbonyl (C=O) groups is 2. The van der Waals surface area contributed by atoms with Gasteiger partial charge in [0.05, 0.1) is 36.7 Å². The number of benzene rings is 2. The van der Waals surface area contributed by atoms with Crippen molar-refractivity contribution in [1.82, 2.24) is 20.2 Å². The van der Waals surface area contributed by atoms with Gasteiger partial charge in [-0.15, -0.1) is 0 Å². The first-order chi connectivity index (χ1) is 19.3. The number of halogens is 2. The molecule has 10 nitrogen and oxygen atoms in total. The lowest BCUT2D eigenvalue weighted by molar-refractivity contribution is -0.122. The number of aliphatic hydroxyl groups excluding tert-OH is 1. The molecule has 5 rings (SSSR count). The highest BCUT2D eigenvalue weighted by Gasteiger charge is 2.30. The van der Waals surface area contributed by atoms with Gasteiger partial charge in [-0.2, -0.15) is 0 Å². The number of aromatic nitrogens is 2. The molecule has 1 fully saturated rings. The number of carbonyl (C=O) groups excluding carboxylic acids is 2. The fraction of sp³-hybridized carbons (Fsp3) is 0.357. The largest absolute Gasteiger partial charge is 0.497 e. The standard InChI is InChI=1S/C28H29ClFN5O5/c1-39-21-9-18(8-19(30)11-21)24(15-36)33-25(37)14-35-13-17-3-2-16(10-22(17)27(35)38)26-23(29)12-31-28(34-26)32-20-4-6-40-7-5-20/h2-3,8-12,20,24,36H,4-7,13-15H2,1H3,(H,33,37)(H,31,32,34). The summed E-state index contributed by atoms with van der Waals surface area (Å²) in [5.41, 5.74) is 2.71. The molecule has 2 aromatic carbocycles. The zero-order valence-electron chi connectivity index (χ0n) is 21.8. The van der Waals surface area contributed by atoms with Gasteiger partial charge in [-0.25, -0.2) is 14.4 Å². The maximum Gasteiger partial charge on any atom is 0.254 e. The van der Waals surface area contributed by atoms with Gasteiger partial charge in [0.2, 0.25) is 11.9 Å². The summed E-state index contributed by atoms with van der Waals surface area (Å²) in [6.07, 6.45) is 3.24. The van der Waals surface area contributed by atoms with Crippen molar-refractivity contribution in [3.8, 4) is 17.0 Å². The second-order valence-electron chi connectivity index (χ2n) is 9.68. The van der Waals surface area contributed by atoms with Gasteiger partial charge in [-0.1, -0.05) is 23.7 Å². The maximum absolute atomic E-state index is 13.9. The van der Waals surface area contributed by atoms with Crippen molar-refractivity contribution in [2.45, 2.75) is 31.5 Å². The van der Waals surface area contributed by atoms with Crippen LogP contribution in [0.1, 0.15) is 40.4 Å². The number of ether oxygens (including phenoxy) is 2. The number of fused-ring (bicyclic) bond motifs is 1. The molecule has 0 aliphatic carbocycles. The number of rotatable bonds is 9. The van der Waals surface area contributed by atoms with Crippen LogP contribution in [0.3, 0.4) is 0 Å². The minimum absolute atomic E-state index is 0.206. The lowest BCUT2D eigenvalue weighted by atomic mass is 10.0. The molecule has 40 heavy (non-hydrogen) atoms. The smallest absolute Gasteiger partial charge is 0.254 e. The molecule has 2 amide bonds. The van der Waals surface area contributed by atoms with Crippen LogP contribution in [0, 0.1) is 5.82 Å². The third kappa shape index (κ3) is 6.16. The highest BCUT2D eigenvalue weighted by molar-refractivity contribution is 6.33. The Morgan fingerprint density at radius 1 is 1.27 bits per heavy atom. The van der Waals surface area contributed by atoms with E-state index in [1.165, 1.54) is 36.4 Å². The molecule has 3 heterocycles. The minimum atomic E-state index is -0.868. The molecule has 1 aromatic heterocycles. The van der Waals surface area contributed by atoms with Crippen molar-refractivity contribution in [2.24, 2.45) is 0 Å². The van der Waals surface area contributed by atoms with Gasteiger partial charge in [0.1, 0.15) is 18.1 Å². The molecule has 0 saturated carbocycles. The van der Waals surface area contributed by atoms with Crippen molar-refractivity contribution in [3.05, 3.63) is 70.1 Å². The molecule has 12 heteroatoms. The Morgan fingerprint density at radius 3 is 2.83 bits per heavy atom. The van der Waals surface area contributed by atoms with Crippen LogP contribution in [-0.2, 0) is 16.1 Å². The Morgan fingerprint density at radius 2 is 2.08 bits per heavy atom. The Hall–Kier alpha value is -3.80. The number of nitrogens with one attached hydrogen (secondary N) is 2. The van der Waals surface area contributed by atoms with E-state index in [-0.39, 0.29) is 30.8 Å². The highest BCUT2D eigenvalue weighted by Crippen LogP contribution is 2.32. The summed E-state index contributed by atoms with van der Waals surface area (Å²) < 4.78 is 24.4. The molecule has 3 N–H and O–H groups in total. The fourth-order valence-electron chi connectivity index (χ4n) is 4.85. The van der Waals surface area contributed by atoms with Crippen molar-refractivity contribution < 1.29 is 28.6 Å². The molecule has 0 spiro atoms. The topological polar surface area (TPSA) is 126 Å². The maximum atomic E-state index is 13.9. The van der Waals surface area contributed by atoms with E-state index in [9.17, 15) is 19.1 Å². The zero-order valence-corrected chi connectivity index (χ0v) is 22.6. The van der Waals surface area contributed by atoms with Crippen molar-refractivity contribution >= 4 is 29.4 Å². The van der Waals surface area contributed by atoms with Gasteiger partial charge in [-0.05, 0) is 42.2 Å². The summed E-state index contributed by atoms with van der Waals surface area (Å²) in [4.78, 5) is 36.4. The molecule has 1 unspecified atom stereocenters. The Kier molecular flexibility index (Phi) is 8.43. The molecule has 1 atom stereocenters. The van der Waals surface area contributed by atoms with Gasteiger partial charge in [0.15, 0.2) is 0 Å². The summed E-state index contributed by atoms with van der Waals surface area (Å²) in [6.45, 7) is 0.910. The van der Waals surface area contributed by atoms with Crippen LogP contribution >= 0.6 is 11.6 Å². The van der Waals surface area contributed by atoms with Crippen LogP contribution in [0.4, 0.5) is 10.3 Å². The number of methoxy groups -OCH3 is 1. The van der Waals surface area contributed by atoms with Crippen molar-refractivity contribution in [3.63, 3.8) is 0 Å². The van der Waals surface area contributed by atoms with Crippen LogP contribution in [-0.4, -0.2) is 71.3 Å². The number of hydrogen-bond donors (Lipinski definition) is 3. The fourth-order valence-corrected chi connectivity index (χ4v) is 5.05. The number of nitrogens with zero attached hydrogens (tertiary/aromatic N) is 3. The molecule has 3 aromatic rings. The number of anilines is 1. The lowest BCUT2D eigenvalue weighted by Crippen LogP contribution is -2.40. The molecular weight excluding hydrogens is 541 g/mol. The van der Waals surface area contributed by atoms with E-state index in [0.717, 1.165) is 18.4 Å². The van der Waals surface area contributed by atoms with Crippen LogP contribution in [0.2, 0.25) is 5.02 Å². The summed E-state index contributed by atoms with van der Waals surface area (Å²) in [5, 5.41) is 16.2. The van der Waals surface area contributed by atoms with E-state index in [2.05, 4.69) is 20.6 Å². The second-order valence-corrected chi connectivity index (χ2v) is 10.1. The summed E-state index contributed by atoms with van der Waals surface area (Å²) in [6, 6.07) is 8.66. The first-order valence-electron chi connectivity index (χ1n) is 12.9. The Labute approximate surface area is 235 Å². The van der Waals surface area contributed by atoms with Crippen molar-refractivity contribution in [2.75, 3.05) is 38.8 Å². The lowest BCUT2D eigenvalue weighted by Gasteiger charge is -2.23. The van der Waals surface area contributed by atoms with E-state index < -0.39 is 24.4 Å². The van der Waals surface area contributed by atoms with E-state index in [1.807, 2.05) is 12.1 Å². The van der Waals surface area contributed by atoms with Crippen LogP contribution in [0.25, 0.3) is 11.3 Å². The normalized spacial score (nSPS) is 16.0. The van der Waals surface area contributed by atoms with Crippen LogP contribution in [0.5, 0.6) is 5.75 Å². The van der Waals surface area contributed by atoms with E-state index in [4.69, 9.17) is 21.1 Å².